The fourth-order valence-corrected chi connectivity index (χ4v) is 2.37. The molecule has 0 unspecified atom stereocenters. The van der Waals surface area contributed by atoms with Crippen LogP contribution in [-0.2, 0) is 4.79 Å². The number of ether oxygens (including phenoxy) is 2. The number of rotatable bonds is 7. The Morgan fingerprint density at radius 3 is 2.12 bits per heavy atom. The molecule has 2 amide bonds. The van der Waals surface area contributed by atoms with Crippen LogP contribution in [0.15, 0.2) is 36.4 Å². The van der Waals surface area contributed by atoms with Crippen LogP contribution in [0.1, 0.15) is 30.1 Å². The summed E-state index contributed by atoms with van der Waals surface area (Å²) in [6, 6.07) is 8.72. The highest BCUT2D eigenvalue weighted by molar-refractivity contribution is 6.05. The molecule has 2 aromatic rings. The molecule has 0 atom stereocenters. The molecular formula is C19H21FN2O4. The number of amides is 2. The van der Waals surface area contributed by atoms with Gasteiger partial charge in [0.05, 0.1) is 31.2 Å². The third-order valence-corrected chi connectivity index (χ3v) is 3.64. The molecule has 0 aromatic heterocycles. The van der Waals surface area contributed by atoms with E-state index in [2.05, 4.69) is 10.6 Å². The summed E-state index contributed by atoms with van der Waals surface area (Å²) in [7, 11) is 2.87. The Kier molecular flexibility index (Phi) is 6.54. The maximum Gasteiger partial charge on any atom is 0.258 e. The van der Waals surface area contributed by atoms with Gasteiger partial charge < -0.3 is 20.1 Å². The molecule has 0 aliphatic heterocycles. The lowest BCUT2D eigenvalue weighted by molar-refractivity contribution is -0.116. The fraction of sp³-hybridized carbons (Fsp3) is 0.263. The molecule has 2 aromatic carbocycles. The summed E-state index contributed by atoms with van der Waals surface area (Å²) in [5.41, 5.74) is 0.631. The SMILES string of the molecule is CCCC(=O)Nc1cc(OC)c(NC(=O)c2ccccc2F)cc1OC. The summed E-state index contributed by atoms with van der Waals surface area (Å²) in [5, 5.41) is 5.34. The van der Waals surface area contributed by atoms with Crippen LogP contribution in [0.4, 0.5) is 15.8 Å². The Labute approximate surface area is 151 Å². The molecule has 0 radical (unpaired) electrons. The lowest BCUT2D eigenvalue weighted by Crippen LogP contribution is -2.15. The first-order valence-electron chi connectivity index (χ1n) is 8.11. The van der Waals surface area contributed by atoms with E-state index in [9.17, 15) is 14.0 Å². The van der Waals surface area contributed by atoms with Gasteiger partial charge in [0.2, 0.25) is 5.91 Å². The lowest BCUT2D eigenvalue weighted by Gasteiger charge is -2.16. The number of carbonyl (C=O) groups excluding carboxylic acids is 2. The molecule has 2 N–H and O–H groups in total. The Balaban J connectivity index is 2.32. The Morgan fingerprint density at radius 2 is 1.58 bits per heavy atom. The van der Waals surface area contributed by atoms with Crippen LogP contribution in [0.2, 0.25) is 0 Å². The second-order valence-electron chi connectivity index (χ2n) is 5.48. The highest BCUT2D eigenvalue weighted by atomic mass is 19.1. The number of anilines is 2. The van der Waals surface area contributed by atoms with Crippen molar-refractivity contribution >= 4 is 23.2 Å². The monoisotopic (exact) mass is 360 g/mol. The van der Waals surface area contributed by atoms with Crippen molar-refractivity contribution in [2.45, 2.75) is 19.8 Å². The number of carbonyl (C=O) groups is 2. The van der Waals surface area contributed by atoms with Crippen LogP contribution in [0.3, 0.4) is 0 Å². The highest BCUT2D eigenvalue weighted by Gasteiger charge is 2.17. The Bertz CT molecular complexity index is 808. The van der Waals surface area contributed by atoms with E-state index in [4.69, 9.17) is 9.47 Å². The van der Waals surface area contributed by atoms with Crippen molar-refractivity contribution < 1.29 is 23.5 Å². The van der Waals surface area contributed by atoms with E-state index in [1.165, 1.54) is 38.5 Å². The first-order chi connectivity index (χ1) is 12.5. The zero-order valence-corrected chi connectivity index (χ0v) is 14.9. The van der Waals surface area contributed by atoms with Gasteiger partial charge in [0.1, 0.15) is 17.3 Å². The van der Waals surface area contributed by atoms with Gasteiger partial charge in [0.25, 0.3) is 5.91 Å². The van der Waals surface area contributed by atoms with Gasteiger partial charge in [-0.15, -0.1) is 0 Å². The van der Waals surface area contributed by atoms with Gasteiger partial charge in [-0.1, -0.05) is 19.1 Å². The minimum atomic E-state index is -0.626. The molecule has 138 valence electrons. The van der Waals surface area contributed by atoms with Crippen LogP contribution in [0.25, 0.3) is 0 Å². The predicted molar refractivity (Wildman–Crippen MR) is 97.4 cm³/mol. The molecule has 0 spiro atoms. The Morgan fingerprint density at radius 1 is 1.00 bits per heavy atom. The van der Waals surface area contributed by atoms with Crippen molar-refractivity contribution in [1.82, 2.24) is 0 Å². The highest BCUT2D eigenvalue weighted by Crippen LogP contribution is 2.36. The van der Waals surface area contributed by atoms with Crippen LogP contribution < -0.4 is 20.1 Å². The standard InChI is InChI=1S/C19H21FN2O4/c1-4-7-18(23)21-14-10-17(26-3)15(11-16(14)25-2)22-19(24)12-8-5-6-9-13(12)20/h5-6,8-11H,4,7H2,1-3H3,(H,21,23)(H,22,24). The molecule has 0 saturated carbocycles. The maximum atomic E-state index is 13.8. The first kappa shape index (κ1) is 19.2. The van der Waals surface area contributed by atoms with Crippen molar-refractivity contribution in [3.8, 4) is 11.5 Å². The molecule has 0 bridgehead atoms. The molecular weight excluding hydrogens is 339 g/mol. The fourth-order valence-electron chi connectivity index (χ4n) is 2.37. The second kappa shape index (κ2) is 8.84. The van der Waals surface area contributed by atoms with Crippen molar-refractivity contribution in [1.29, 1.82) is 0 Å². The van der Waals surface area contributed by atoms with Crippen molar-refractivity contribution in [3.63, 3.8) is 0 Å². The van der Waals surface area contributed by atoms with Gasteiger partial charge in [0, 0.05) is 18.6 Å². The molecule has 0 heterocycles. The van der Waals surface area contributed by atoms with Gasteiger partial charge >= 0.3 is 0 Å². The minimum Gasteiger partial charge on any atom is -0.494 e. The van der Waals surface area contributed by atoms with Gasteiger partial charge in [-0.3, -0.25) is 9.59 Å². The van der Waals surface area contributed by atoms with Crippen molar-refractivity contribution in [2.75, 3.05) is 24.9 Å². The zero-order valence-electron chi connectivity index (χ0n) is 14.9. The maximum absolute atomic E-state index is 13.8. The second-order valence-corrected chi connectivity index (χ2v) is 5.48. The van der Waals surface area contributed by atoms with E-state index >= 15 is 0 Å². The average Bonchev–Trinajstić information content (AvgIpc) is 2.62. The smallest absolute Gasteiger partial charge is 0.258 e. The van der Waals surface area contributed by atoms with Gasteiger partial charge in [-0.25, -0.2) is 4.39 Å². The summed E-state index contributed by atoms with van der Waals surface area (Å²) in [6.45, 7) is 1.90. The quantitative estimate of drug-likeness (QED) is 0.787. The zero-order chi connectivity index (χ0) is 19.1. The van der Waals surface area contributed by atoms with Crippen LogP contribution in [-0.4, -0.2) is 26.0 Å². The molecule has 0 saturated heterocycles. The lowest BCUT2D eigenvalue weighted by atomic mass is 10.1. The van der Waals surface area contributed by atoms with E-state index < -0.39 is 11.7 Å². The Hall–Kier alpha value is -3.09. The molecule has 2 rings (SSSR count). The number of nitrogens with one attached hydrogen (secondary N) is 2. The van der Waals surface area contributed by atoms with Crippen molar-refractivity contribution in [2.24, 2.45) is 0 Å². The summed E-state index contributed by atoms with van der Waals surface area (Å²) in [4.78, 5) is 24.2. The van der Waals surface area contributed by atoms with Crippen LogP contribution in [0.5, 0.6) is 11.5 Å². The van der Waals surface area contributed by atoms with Crippen LogP contribution in [0, 0.1) is 5.82 Å². The third kappa shape index (κ3) is 4.50. The molecule has 26 heavy (non-hydrogen) atoms. The first-order valence-corrected chi connectivity index (χ1v) is 8.11. The van der Waals surface area contributed by atoms with E-state index in [0.717, 1.165) is 0 Å². The van der Waals surface area contributed by atoms with Crippen molar-refractivity contribution in [3.05, 3.63) is 47.8 Å². The number of halogens is 1. The summed E-state index contributed by atoms with van der Waals surface area (Å²) in [6.07, 6.45) is 1.08. The summed E-state index contributed by atoms with van der Waals surface area (Å²) < 4.78 is 24.3. The number of benzene rings is 2. The van der Waals surface area contributed by atoms with E-state index in [1.807, 2.05) is 6.92 Å². The molecule has 0 fully saturated rings. The number of methoxy groups -OCH3 is 2. The predicted octanol–water partition coefficient (Wildman–Crippen LogP) is 3.83. The van der Waals surface area contributed by atoms with E-state index in [0.29, 0.717) is 35.7 Å². The van der Waals surface area contributed by atoms with Gasteiger partial charge in [-0.2, -0.15) is 0 Å². The van der Waals surface area contributed by atoms with E-state index in [1.54, 1.807) is 12.1 Å². The topological polar surface area (TPSA) is 76.7 Å². The average molecular weight is 360 g/mol. The van der Waals surface area contributed by atoms with E-state index in [-0.39, 0.29) is 11.5 Å². The third-order valence-electron chi connectivity index (χ3n) is 3.64. The van der Waals surface area contributed by atoms with Crippen LogP contribution >= 0.6 is 0 Å². The van der Waals surface area contributed by atoms with Gasteiger partial charge in [-0.05, 0) is 18.6 Å². The molecule has 7 heteroatoms. The van der Waals surface area contributed by atoms with Gasteiger partial charge in [0.15, 0.2) is 0 Å². The number of hydrogen-bond acceptors (Lipinski definition) is 4. The largest absolute Gasteiger partial charge is 0.494 e. The molecule has 6 nitrogen and oxygen atoms in total. The normalized spacial score (nSPS) is 10.2. The summed E-state index contributed by atoms with van der Waals surface area (Å²) in [5.74, 6) is -0.747. The number of hydrogen-bond donors (Lipinski definition) is 2. The summed E-state index contributed by atoms with van der Waals surface area (Å²) >= 11 is 0. The minimum absolute atomic E-state index is 0.0890. The molecule has 0 aliphatic rings. The molecule has 0 aliphatic carbocycles.